The lowest BCUT2D eigenvalue weighted by atomic mass is 9.95. The van der Waals surface area contributed by atoms with Gasteiger partial charge in [-0.3, -0.25) is 9.69 Å². The van der Waals surface area contributed by atoms with Crippen LogP contribution in [0.5, 0.6) is 5.75 Å². The van der Waals surface area contributed by atoms with Gasteiger partial charge in [-0.25, -0.2) is 0 Å². The number of ketones is 1. The van der Waals surface area contributed by atoms with Crippen molar-refractivity contribution in [3.05, 3.63) is 23.8 Å². The lowest BCUT2D eigenvalue weighted by molar-refractivity contribution is 0.0778. The zero-order chi connectivity index (χ0) is 16.4. The average Bonchev–Trinajstić information content (AvgIpc) is 2.60. The molecule has 1 aromatic carbocycles. The van der Waals surface area contributed by atoms with Gasteiger partial charge in [0.15, 0.2) is 5.78 Å². The molecule has 0 saturated carbocycles. The number of hydrogen-bond acceptors (Lipinski definition) is 4. The van der Waals surface area contributed by atoms with Gasteiger partial charge in [-0.1, -0.05) is 13.8 Å². The highest BCUT2D eigenvalue weighted by molar-refractivity contribution is 6.01. The lowest BCUT2D eigenvalue weighted by Gasteiger charge is -2.34. The third-order valence-electron chi connectivity index (χ3n) is 5.28. The van der Waals surface area contributed by atoms with Crippen LogP contribution in [-0.2, 0) is 0 Å². The van der Waals surface area contributed by atoms with E-state index in [1.807, 2.05) is 25.1 Å². The molecule has 1 N–H and O–H groups in total. The topological polar surface area (TPSA) is 41.6 Å². The fraction of sp³-hybridized carbons (Fsp3) is 0.632. The molecule has 23 heavy (non-hydrogen) atoms. The van der Waals surface area contributed by atoms with Crippen LogP contribution in [0.25, 0.3) is 0 Å². The number of piperidine rings is 1. The number of anilines is 1. The Morgan fingerprint density at radius 2 is 2.13 bits per heavy atom. The minimum atomic E-state index is -0.0477. The summed E-state index contributed by atoms with van der Waals surface area (Å²) < 4.78 is 5.92. The van der Waals surface area contributed by atoms with Crippen LogP contribution in [0.3, 0.4) is 0 Å². The molecule has 2 atom stereocenters. The molecule has 1 saturated heterocycles. The van der Waals surface area contributed by atoms with Crippen molar-refractivity contribution in [3.63, 3.8) is 0 Å². The summed E-state index contributed by atoms with van der Waals surface area (Å²) in [6, 6.07) is 5.74. The number of carbonyl (C=O) groups excluding carboxylic acids is 1. The van der Waals surface area contributed by atoms with Crippen LogP contribution < -0.4 is 10.1 Å². The van der Waals surface area contributed by atoms with E-state index in [9.17, 15) is 4.79 Å². The molecule has 4 nitrogen and oxygen atoms in total. The van der Waals surface area contributed by atoms with Crippen LogP contribution in [-0.4, -0.2) is 42.5 Å². The molecule has 1 fully saturated rings. The minimum Gasteiger partial charge on any atom is -0.486 e. The Kier molecular flexibility index (Phi) is 4.90. The van der Waals surface area contributed by atoms with Gasteiger partial charge in [-0.05, 0) is 63.4 Å². The molecule has 0 radical (unpaired) electrons. The summed E-state index contributed by atoms with van der Waals surface area (Å²) in [6.07, 6.45) is 3.58. The highest BCUT2D eigenvalue weighted by atomic mass is 16.5. The predicted molar refractivity (Wildman–Crippen MR) is 93.4 cm³/mol. The van der Waals surface area contributed by atoms with Crippen LogP contribution in [0.4, 0.5) is 5.69 Å². The van der Waals surface area contributed by atoms with Gasteiger partial charge in [-0.15, -0.1) is 0 Å². The van der Waals surface area contributed by atoms with Crippen molar-refractivity contribution in [1.82, 2.24) is 4.90 Å². The van der Waals surface area contributed by atoms with E-state index in [2.05, 4.69) is 24.1 Å². The van der Waals surface area contributed by atoms with E-state index in [-0.39, 0.29) is 17.9 Å². The molecule has 0 bridgehead atoms. The van der Waals surface area contributed by atoms with Crippen LogP contribution in [0.1, 0.15) is 50.4 Å². The zero-order valence-corrected chi connectivity index (χ0v) is 14.5. The van der Waals surface area contributed by atoms with E-state index in [1.165, 1.54) is 12.8 Å². The number of rotatable bonds is 4. The van der Waals surface area contributed by atoms with Crippen molar-refractivity contribution in [2.75, 3.05) is 25.0 Å². The smallest absolute Gasteiger partial charge is 0.179 e. The minimum absolute atomic E-state index is 0.0477. The van der Waals surface area contributed by atoms with Crippen molar-refractivity contribution in [2.24, 2.45) is 5.92 Å². The van der Waals surface area contributed by atoms with Crippen molar-refractivity contribution < 1.29 is 9.53 Å². The lowest BCUT2D eigenvalue weighted by Crippen LogP contribution is -2.43. The molecule has 3 rings (SSSR count). The predicted octanol–water partition coefficient (Wildman–Crippen LogP) is 3.57. The largest absolute Gasteiger partial charge is 0.486 e. The Bertz CT molecular complexity index is 564. The van der Waals surface area contributed by atoms with E-state index in [0.29, 0.717) is 0 Å². The highest BCUT2D eigenvalue weighted by Crippen LogP contribution is 2.31. The quantitative estimate of drug-likeness (QED) is 0.862. The molecule has 2 unspecified atom stereocenters. The van der Waals surface area contributed by atoms with Crippen molar-refractivity contribution in [2.45, 2.75) is 52.2 Å². The summed E-state index contributed by atoms with van der Waals surface area (Å²) in [5.74, 6) is 1.85. The van der Waals surface area contributed by atoms with E-state index in [1.54, 1.807) is 0 Å². The molecule has 0 spiro atoms. The second-order valence-electron chi connectivity index (χ2n) is 7.00. The molecule has 126 valence electrons. The van der Waals surface area contributed by atoms with Gasteiger partial charge >= 0.3 is 0 Å². The number of benzene rings is 1. The first-order chi connectivity index (χ1) is 11.1. The first-order valence-electron chi connectivity index (χ1n) is 8.91. The molecule has 2 aliphatic heterocycles. The maximum Gasteiger partial charge on any atom is 0.179 e. The number of ether oxygens (including phenoxy) is 1. The Morgan fingerprint density at radius 1 is 1.39 bits per heavy atom. The summed E-state index contributed by atoms with van der Waals surface area (Å²) in [4.78, 5) is 15.1. The number of carbonyl (C=O) groups is 1. The third-order valence-corrected chi connectivity index (χ3v) is 5.28. The normalized spacial score (nSPS) is 23.5. The number of likely N-dealkylation sites (tertiary alicyclic amines) is 1. The van der Waals surface area contributed by atoms with Crippen molar-refractivity contribution >= 4 is 11.5 Å². The molecular formula is C19H28N2O2. The summed E-state index contributed by atoms with van der Waals surface area (Å²) in [7, 11) is 0. The van der Waals surface area contributed by atoms with E-state index in [4.69, 9.17) is 4.74 Å². The van der Waals surface area contributed by atoms with Gasteiger partial charge in [0.2, 0.25) is 0 Å². The third kappa shape index (κ3) is 3.52. The summed E-state index contributed by atoms with van der Waals surface area (Å²) in [6.45, 7) is 9.31. The van der Waals surface area contributed by atoms with Crippen LogP contribution in [0.2, 0.25) is 0 Å². The number of nitrogens with one attached hydrogen (secondary N) is 1. The maximum atomic E-state index is 12.8. The van der Waals surface area contributed by atoms with Gasteiger partial charge in [0, 0.05) is 5.56 Å². The number of nitrogens with zero attached hydrogens (tertiary/aromatic N) is 1. The summed E-state index contributed by atoms with van der Waals surface area (Å²) >= 11 is 0. The first kappa shape index (κ1) is 16.3. The standard InChI is InChI=1S/C19H28N2O2/c1-4-16-12-20-17-11-15(5-6-18(17)23-16)19(22)14(3)21-9-7-13(2)8-10-21/h5-6,11,13-14,16,20H,4,7-10,12H2,1-3H3. The fourth-order valence-electron chi connectivity index (χ4n) is 3.42. The Morgan fingerprint density at radius 3 is 2.83 bits per heavy atom. The Labute approximate surface area is 139 Å². The summed E-state index contributed by atoms with van der Waals surface area (Å²) in [5, 5.41) is 3.39. The molecule has 4 heteroatoms. The number of hydrogen-bond donors (Lipinski definition) is 1. The highest BCUT2D eigenvalue weighted by Gasteiger charge is 2.27. The number of Topliss-reactive ketones (excluding diaryl/α,β-unsaturated/α-hetero) is 1. The maximum absolute atomic E-state index is 12.8. The molecule has 0 aromatic heterocycles. The monoisotopic (exact) mass is 316 g/mol. The molecule has 0 aliphatic carbocycles. The van der Waals surface area contributed by atoms with Crippen LogP contribution >= 0.6 is 0 Å². The van der Waals surface area contributed by atoms with Gasteiger partial charge < -0.3 is 10.1 Å². The molecule has 2 aliphatic rings. The van der Waals surface area contributed by atoms with Crippen molar-refractivity contribution in [1.29, 1.82) is 0 Å². The van der Waals surface area contributed by atoms with E-state index >= 15 is 0 Å². The van der Waals surface area contributed by atoms with Crippen LogP contribution in [0, 0.1) is 5.92 Å². The summed E-state index contributed by atoms with van der Waals surface area (Å²) in [5.41, 5.74) is 1.72. The SMILES string of the molecule is CCC1CNc2cc(C(=O)C(C)N3CCC(C)CC3)ccc2O1. The van der Waals surface area contributed by atoms with Crippen LogP contribution in [0.15, 0.2) is 18.2 Å². The Balaban J connectivity index is 1.70. The van der Waals surface area contributed by atoms with Gasteiger partial charge in [0.05, 0.1) is 18.3 Å². The molecular weight excluding hydrogens is 288 g/mol. The second-order valence-corrected chi connectivity index (χ2v) is 7.00. The molecule has 1 aromatic rings. The van der Waals surface area contributed by atoms with Gasteiger partial charge in [0.1, 0.15) is 11.9 Å². The van der Waals surface area contributed by atoms with E-state index in [0.717, 1.165) is 49.0 Å². The van der Waals surface area contributed by atoms with Crippen molar-refractivity contribution in [3.8, 4) is 5.75 Å². The van der Waals surface area contributed by atoms with Gasteiger partial charge in [-0.2, -0.15) is 0 Å². The molecule has 0 amide bonds. The zero-order valence-electron chi connectivity index (χ0n) is 14.5. The first-order valence-corrected chi connectivity index (χ1v) is 8.91. The average molecular weight is 316 g/mol. The van der Waals surface area contributed by atoms with E-state index < -0.39 is 0 Å². The molecule has 2 heterocycles. The van der Waals surface area contributed by atoms with Gasteiger partial charge in [0.25, 0.3) is 0 Å². The fourth-order valence-corrected chi connectivity index (χ4v) is 3.42. The second kappa shape index (κ2) is 6.91. The Hall–Kier alpha value is -1.55. The number of fused-ring (bicyclic) bond motifs is 1.